The number of methoxy groups -OCH3 is 2. The number of nitrogens with zero attached hydrogens (tertiary/aromatic N) is 1. The summed E-state index contributed by atoms with van der Waals surface area (Å²) in [6.45, 7) is 5.67. The minimum atomic E-state index is 0. The van der Waals surface area contributed by atoms with E-state index in [4.69, 9.17) is 14.5 Å². The maximum absolute atomic E-state index is 5.44. The largest absolute Gasteiger partial charge is 0.497 e. The molecule has 0 saturated heterocycles. The maximum atomic E-state index is 5.44. The van der Waals surface area contributed by atoms with Crippen LogP contribution in [0.1, 0.15) is 31.0 Å². The molecule has 2 aromatic carbocycles. The van der Waals surface area contributed by atoms with E-state index in [0.29, 0.717) is 6.54 Å². The topological polar surface area (TPSA) is 54.9 Å². The fourth-order valence-electron chi connectivity index (χ4n) is 2.72. The Morgan fingerprint density at radius 3 is 2.44 bits per heavy atom. The summed E-state index contributed by atoms with van der Waals surface area (Å²) in [6.07, 6.45) is 0.774. The molecule has 2 aromatic rings. The molecular weight excluding hydrogens is 453 g/mol. The molecule has 2 N–H and O–H groups in total. The van der Waals surface area contributed by atoms with Crippen molar-refractivity contribution in [3.05, 3.63) is 59.7 Å². The van der Waals surface area contributed by atoms with Crippen LogP contribution in [0.25, 0.3) is 0 Å². The molecule has 0 fully saturated rings. The van der Waals surface area contributed by atoms with Gasteiger partial charge in [0.15, 0.2) is 5.96 Å². The molecule has 0 heterocycles. The second-order valence-electron chi connectivity index (χ2n) is 5.97. The smallest absolute Gasteiger partial charge is 0.191 e. The van der Waals surface area contributed by atoms with E-state index in [1.807, 2.05) is 36.4 Å². The minimum Gasteiger partial charge on any atom is -0.497 e. The lowest BCUT2D eigenvalue weighted by Crippen LogP contribution is -2.38. The molecule has 0 aliphatic heterocycles. The highest BCUT2D eigenvalue weighted by atomic mass is 127. The van der Waals surface area contributed by atoms with Gasteiger partial charge in [-0.25, -0.2) is 0 Å². The van der Waals surface area contributed by atoms with Crippen molar-refractivity contribution >= 4 is 29.9 Å². The van der Waals surface area contributed by atoms with Gasteiger partial charge < -0.3 is 20.1 Å². The van der Waals surface area contributed by atoms with Crippen LogP contribution in [0.15, 0.2) is 53.5 Å². The highest BCUT2D eigenvalue weighted by Gasteiger charge is 2.08. The lowest BCUT2D eigenvalue weighted by Gasteiger charge is -2.18. The number of hydrogen-bond donors (Lipinski definition) is 2. The third kappa shape index (κ3) is 7.28. The van der Waals surface area contributed by atoms with E-state index in [2.05, 4.69) is 36.6 Å². The molecule has 0 aliphatic rings. The molecule has 2 rings (SSSR count). The van der Waals surface area contributed by atoms with Gasteiger partial charge in [0.1, 0.15) is 11.5 Å². The van der Waals surface area contributed by atoms with Gasteiger partial charge in [-0.3, -0.25) is 4.99 Å². The number of aliphatic imine (C=N–C) groups is 1. The average Bonchev–Trinajstić information content (AvgIpc) is 2.68. The third-order valence-corrected chi connectivity index (χ3v) is 4.14. The monoisotopic (exact) mass is 483 g/mol. The number of halogens is 1. The molecule has 27 heavy (non-hydrogen) atoms. The van der Waals surface area contributed by atoms with E-state index in [9.17, 15) is 0 Å². The molecule has 0 bridgehead atoms. The van der Waals surface area contributed by atoms with Crippen LogP contribution < -0.4 is 20.1 Å². The number of hydrogen-bond acceptors (Lipinski definition) is 3. The van der Waals surface area contributed by atoms with E-state index in [1.165, 1.54) is 5.56 Å². The van der Waals surface area contributed by atoms with Crippen molar-refractivity contribution in [3.63, 3.8) is 0 Å². The normalized spacial score (nSPS) is 11.9. The number of benzene rings is 2. The van der Waals surface area contributed by atoms with Crippen LogP contribution in [-0.4, -0.2) is 33.3 Å². The summed E-state index contributed by atoms with van der Waals surface area (Å²) in [5, 5.41) is 6.76. The van der Waals surface area contributed by atoms with E-state index in [0.717, 1.165) is 36.0 Å². The van der Waals surface area contributed by atoms with Crippen LogP contribution in [0, 0.1) is 0 Å². The zero-order valence-corrected chi connectivity index (χ0v) is 18.8. The zero-order valence-electron chi connectivity index (χ0n) is 16.5. The first kappa shape index (κ1) is 23.1. The molecule has 0 spiro atoms. The zero-order chi connectivity index (χ0) is 18.8. The Morgan fingerprint density at radius 1 is 1.07 bits per heavy atom. The lowest BCUT2D eigenvalue weighted by atomic mass is 10.1. The molecule has 0 radical (unpaired) electrons. The van der Waals surface area contributed by atoms with E-state index >= 15 is 0 Å². The molecule has 6 heteroatoms. The van der Waals surface area contributed by atoms with Gasteiger partial charge in [-0.15, -0.1) is 24.0 Å². The molecule has 0 aromatic heterocycles. The number of nitrogens with one attached hydrogen (secondary N) is 2. The Bertz CT molecular complexity index is 708. The Labute approximate surface area is 179 Å². The molecule has 1 atom stereocenters. The Balaban J connectivity index is 0.00000364. The van der Waals surface area contributed by atoms with Crippen LogP contribution in [-0.2, 0) is 6.42 Å². The average molecular weight is 483 g/mol. The first-order chi connectivity index (χ1) is 12.7. The SMILES string of the molecule is CCNC(=NCCc1cc(OC)ccc1OC)NC(C)c1ccccc1.I. The van der Waals surface area contributed by atoms with Crippen molar-refractivity contribution in [2.24, 2.45) is 4.99 Å². The summed E-state index contributed by atoms with van der Waals surface area (Å²) in [7, 11) is 3.35. The summed E-state index contributed by atoms with van der Waals surface area (Å²) in [6, 6.07) is 16.4. The second-order valence-corrected chi connectivity index (χ2v) is 5.97. The number of rotatable bonds is 8. The molecule has 0 amide bonds. The van der Waals surface area contributed by atoms with E-state index in [-0.39, 0.29) is 30.0 Å². The minimum absolute atomic E-state index is 0. The quantitative estimate of drug-likeness (QED) is 0.336. The van der Waals surface area contributed by atoms with Gasteiger partial charge in [-0.05, 0) is 49.6 Å². The predicted octanol–water partition coefficient (Wildman–Crippen LogP) is 4.18. The van der Waals surface area contributed by atoms with Crippen LogP contribution in [0.5, 0.6) is 11.5 Å². The first-order valence-corrected chi connectivity index (χ1v) is 8.98. The van der Waals surface area contributed by atoms with Crippen molar-refractivity contribution in [2.45, 2.75) is 26.3 Å². The molecule has 0 saturated carbocycles. The summed E-state index contributed by atoms with van der Waals surface area (Å²) < 4.78 is 10.7. The number of guanidine groups is 1. The Hall–Kier alpha value is -1.96. The van der Waals surface area contributed by atoms with Crippen LogP contribution >= 0.6 is 24.0 Å². The third-order valence-electron chi connectivity index (χ3n) is 4.14. The highest BCUT2D eigenvalue weighted by molar-refractivity contribution is 14.0. The van der Waals surface area contributed by atoms with Gasteiger partial charge in [0.25, 0.3) is 0 Å². The molecule has 1 unspecified atom stereocenters. The Kier molecular flexibility index (Phi) is 10.6. The van der Waals surface area contributed by atoms with Gasteiger partial charge in [0, 0.05) is 13.1 Å². The van der Waals surface area contributed by atoms with Gasteiger partial charge in [0.05, 0.1) is 20.3 Å². The van der Waals surface area contributed by atoms with Crippen molar-refractivity contribution in [3.8, 4) is 11.5 Å². The van der Waals surface area contributed by atoms with Gasteiger partial charge in [0.2, 0.25) is 0 Å². The van der Waals surface area contributed by atoms with Crippen molar-refractivity contribution < 1.29 is 9.47 Å². The fourth-order valence-corrected chi connectivity index (χ4v) is 2.72. The standard InChI is InChI=1S/C21H29N3O2.HI/c1-5-22-21(24-16(2)17-9-7-6-8-10-17)23-14-13-18-15-19(25-3)11-12-20(18)26-4;/h6-12,15-16H,5,13-14H2,1-4H3,(H2,22,23,24);1H. The van der Waals surface area contributed by atoms with Crippen molar-refractivity contribution in [1.82, 2.24) is 10.6 Å². The summed E-state index contributed by atoms with van der Waals surface area (Å²) in [4.78, 5) is 4.70. The van der Waals surface area contributed by atoms with E-state index < -0.39 is 0 Å². The molecule has 148 valence electrons. The highest BCUT2D eigenvalue weighted by Crippen LogP contribution is 2.24. The van der Waals surface area contributed by atoms with Crippen LogP contribution in [0.4, 0.5) is 0 Å². The van der Waals surface area contributed by atoms with Crippen molar-refractivity contribution in [2.75, 3.05) is 27.3 Å². The van der Waals surface area contributed by atoms with Crippen LogP contribution in [0.2, 0.25) is 0 Å². The molecule has 0 aliphatic carbocycles. The lowest BCUT2D eigenvalue weighted by molar-refractivity contribution is 0.399. The number of ether oxygens (including phenoxy) is 2. The summed E-state index contributed by atoms with van der Waals surface area (Å²) >= 11 is 0. The summed E-state index contributed by atoms with van der Waals surface area (Å²) in [5.74, 6) is 2.50. The fraction of sp³-hybridized carbons (Fsp3) is 0.381. The van der Waals surface area contributed by atoms with Gasteiger partial charge in [-0.2, -0.15) is 0 Å². The summed E-state index contributed by atoms with van der Waals surface area (Å²) in [5.41, 5.74) is 2.31. The maximum Gasteiger partial charge on any atom is 0.191 e. The molecular formula is C21H30IN3O2. The van der Waals surface area contributed by atoms with Crippen LogP contribution in [0.3, 0.4) is 0 Å². The van der Waals surface area contributed by atoms with Gasteiger partial charge >= 0.3 is 0 Å². The second kappa shape index (κ2) is 12.4. The Morgan fingerprint density at radius 2 is 1.81 bits per heavy atom. The predicted molar refractivity (Wildman–Crippen MR) is 123 cm³/mol. The molecule has 5 nitrogen and oxygen atoms in total. The first-order valence-electron chi connectivity index (χ1n) is 8.98. The van der Waals surface area contributed by atoms with Gasteiger partial charge in [-0.1, -0.05) is 30.3 Å². The van der Waals surface area contributed by atoms with E-state index in [1.54, 1.807) is 14.2 Å². The van der Waals surface area contributed by atoms with Crippen molar-refractivity contribution in [1.29, 1.82) is 0 Å².